The Balaban J connectivity index is 1.55. The van der Waals surface area contributed by atoms with Gasteiger partial charge < -0.3 is 25.4 Å². The highest BCUT2D eigenvalue weighted by molar-refractivity contribution is 5.81. The largest absolute Gasteiger partial charge is 0.393 e. The zero-order valence-corrected chi connectivity index (χ0v) is 13.6. The molecule has 2 saturated heterocycles. The van der Waals surface area contributed by atoms with Crippen molar-refractivity contribution in [1.82, 2.24) is 10.6 Å². The first kappa shape index (κ1) is 17.1. The fourth-order valence-corrected chi connectivity index (χ4v) is 3.06. The number of amides is 1. The van der Waals surface area contributed by atoms with Crippen molar-refractivity contribution >= 4 is 11.6 Å². The Morgan fingerprint density at radius 3 is 2.88 bits per heavy atom. The van der Waals surface area contributed by atoms with Crippen molar-refractivity contribution in [3.63, 3.8) is 0 Å². The van der Waals surface area contributed by atoms with Crippen LogP contribution in [0.5, 0.6) is 0 Å². The van der Waals surface area contributed by atoms with Gasteiger partial charge >= 0.3 is 0 Å². The number of aliphatic hydroxyl groups is 1. The van der Waals surface area contributed by atoms with Crippen molar-refractivity contribution in [2.24, 2.45) is 0 Å². The first-order valence-corrected chi connectivity index (χ1v) is 8.45. The molecule has 0 unspecified atom stereocenters. The molecule has 3 N–H and O–H groups in total. The van der Waals surface area contributed by atoms with E-state index in [0.717, 1.165) is 6.54 Å². The number of hydrogen-bond donors (Lipinski definition) is 3. The van der Waals surface area contributed by atoms with Crippen LogP contribution in [0.25, 0.3) is 0 Å². The average Bonchev–Trinajstić information content (AvgIpc) is 2.61. The van der Waals surface area contributed by atoms with E-state index in [9.17, 15) is 14.3 Å². The quantitative estimate of drug-likeness (QED) is 0.741. The predicted molar refractivity (Wildman–Crippen MR) is 88.3 cm³/mol. The van der Waals surface area contributed by atoms with Crippen molar-refractivity contribution in [2.45, 2.75) is 31.6 Å². The molecule has 1 aromatic rings. The maximum absolute atomic E-state index is 14.4. The topological polar surface area (TPSA) is 73.8 Å². The fourth-order valence-electron chi connectivity index (χ4n) is 3.06. The Morgan fingerprint density at radius 2 is 2.21 bits per heavy atom. The number of morpholine rings is 1. The van der Waals surface area contributed by atoms with Crippen LogP contribution in [-0.2, 0) is 16.1 Å². The molecule has 2 fully saturated rings. The standard InChI is InChI=1S/C17H24FN3O3/c18-14-9-12(10-20-17(23)16-11-19-5-8-24-16)1-2-15(14)21-6-3-13(22)4-7-21/h1-2,9,13,16,19,22H,3-8,10-11H2,(H,20,23)/t16-/m0/s1. The first-order chi connectivity index (χ1) is 11.6. The van der Waals surface area contributed by atoms with Crippen molar-refractivity contribution in [2.75, 3.05) is 37.7 Å². The number of halogens is 1. The van der Waals surface area contributed by atoms with Crippen LogP contribution < -0.4 is 15.5 Å². The van der Waals surface area contributed by atoms with Crippen LogP contribution in [0.4, 0.5) is 10.1 Å². The van der Waals surface area contributed by atoms with E-state index in [1.807, 2.05) is 11.0 Å². The molecule has 1 atom stereocenters. The van der Waals surface area contributed by atoms with Crippen LogP contribution in [0.3, 0.4) is 0 Å². The molecule has 0 saturated carbocycles. The summed E-state index contributed by atoms with van der Waals surface area (Å²) in [6, 6.07) is 5.03. The lowest BCUT2D eigenvalue weighted by Gasteiger charge is -2.31. The van der Waals surface area contributed by atoms with Crippen LogP contribution in [0.1, 0.15) is 18.4 Å². The molecule has 0 aromatic heterocycles. The number of carbonyl (C=O) groups excluding carboxylic acids is 1. The number of aliphatic hydroxyl groups excluding tert-OH is 1. The Labute approximate surface area is 141 Å². The maximum atomic E-state index is 14.4. The molecule has 2 heterocycles. The smallest absolute Gasteiger partial charge is 0.250 e. The summed E-state index contributed by atoms with van der Waals surface area (Å²) in [6.07, 6.45) is 0.553. The number of hydrogen-bond acceptors (Lipinski definition) is 5. The first-order valence-electron chi connectivity index (χ1n) is 8.45. The summed E-state index contributed by atoms with van der Waals surface area (Å²) in [6.45, 7) is 3.35. The van der Waals surface area contributed by atoms with Gasteiger partial charge in [-0.25, -0.2) is 4.39 Å². The molecule has 1 aromatic carbocycles. The van der Waals surface area contributed by atoms with Crippen LogP contribution in [0, 0.1) is 5.82 Å². The fraction of sp³-hybridized carbons (Fsp3) is 0.588. The van der Waals surface area contributed by atoms with Crippen molar-refractivity contribution in [3.8, 4) is 0 Å². The number of ether oxygens (including phenoxy) is 1. The molecule has 0 spiro atoms. The highest BCUT2D eigenvalue weighted by Gasteiger charge is 2.22. The average molecular weight is 337 g/mol. The number of nitrogens with zero attached hydrogens (tertiary/aromatic N) is 1. The van der Waals surface area contributed by atoms with Crippen LogP contribution in [-0.4, -0.2) is 56.0 Å². The second-order valence-corrected chi connectivity index (χ2v) is 6.29. The van der Waals surface area contributed by atoms with Gasteiger partial charge in [0.15, 0.2) is 0 Å². The van der Waals surface area contributed by atoms with E-state index in [2.05, 4.69) is 10.6 Å². The van der Waals surface area contributed by atoms with E-state index in [1.54, 1.807) is 6.07 Å². The summed E-state index contributed by atoms with van der Waals surface area (Å²) < 4.78 is 19.7. The minimum Gasteiger partial charge on any atom is -0.393 e. The molecule has 7 heteroatoms. The van der Waals surface area contributed by atoms with Gasteiger partial charge in [0.1, 0.15) is 11.9 Å². The maximum Gasteiger partial charge on any atom is 0.250 e. The third-order valence-corrected chi connectivity index (χ3v) is 4.50. The lowest BCUT2D eigenvalue weighted by molar-refractivity contribution is -0.134. The summed E-state index contributed by atoms with van der Waals surface area (Å²) >= 11 is 0. The van der Waals surface area contributed by atoms with Gasteiger partial charge in [-0.2, -0.15) is 0 Å². The molecular formula is C17H24FN3O3. The Kier molecular flexibility index (Phi) is 5.65. The van der Waals surface area contributed by atoms with E-state index in [-0.39, 0.29) is 24.4 Å². The molecule has 3 rings (SSSR count). The monoisotopic (exact) mass is 337 g/mol. The van der Waals surface area contributed by atoms with E-state index in [4.69, 9.17) is 4.74 Å². The number of piperidine rings is 1. The summed E-state index contributed by atoms with van der Waals surface area (Å²) in [5, 5.41) is 15.4. The van der Waals surface area contributed by atoms with Gasteiger partial charge in [-0.15, -0.1) is 0 Å². The molecule has 0 aliphatic carbocycles. The molecule has 2 aliphatic rings. The Morgan fingerprint density at radius 1 is 1.42 bits per heavy atom. The number of benzene rings is 1. The van der Waals surface area contributed by atoms with Gasteiger partial charge in [0.05, 0.1) is 18.4 Å². The molecule has 2 aliphatic heterocycles. The summed E-state index contributed by atoms with van der Waals surface area (Å²) in [5.74, 6) is -0.481. The summed E-state index contributed by atoms with van der Waals surface area (Å²) in [4.78, 5) is 13.9. The van der Waals surface area contributed by atoms with Crippen LogP contribution >= 0.6 is 0 Å². The predicted octanol–water partition coefficient (Wildman–Crippen LogP) is 0.391. The Hall–Kier alpha value is -1.70. The minimum atomic E-state index is -0.484. The highest BCUT2D eigenvalue weighted by Crippen LogP contribution is 2.24. The van der Waals surface area contributed by atoms with Gasteiger partial charge in [0.2, 0.25) is 0 Å². The molecule has 132 valence electrons. The summed E-state index contributed by atoms with van der Waals surface area (Å²) in [5.41, 5.74) is 1.27. The third-order valence-electron chi connectivity index (χ3n) is 4.50. The van der Waals surface area contributed by atoms with Crippen LogP contribution in [0.2, 0.25) is 0 Å². The zero-order valence-electron chi connectivity index (χ0n) is 13.6. The number of carbonyl (C=O) groups is 1. The second kappa shape index (κ2) is 7.92. The van der Waals surface area contributed by atoms with Crippen molar-refractivity contribution in [3.05, 3.63) is 29.6 Å². The van der Waals surface area contributed by atoms with Gasteiger partial charge in [0, 0.05) is 32.7 Å². The van der Waals surface area contributed by atoms with Crippen molar-refractivity contribution < 1.29 is 19.0 Å². The summed E-state index contributed by atoms with van der Waals surface area (Å²) in [7, 11) is 0. The molecular weight excluding hydrogens is 313 g/mol. The van der Waals surface area contributed by atoms with E-state index in [1.165, 1.54) is 6.07 Å². The molecule has 0 radical (unpaired) electrons. The van der Waals surface area contributed by atoms with E-state index >= 15 is 0 Å². The third kappa shape index (κ3) is 4.23. The zero-order chi connectivity index (χ0) is 16.9. The highest BCUT2D eigenvalue weighted by atomic mass is 19.1. The molecule has 1 amide bonds. The number of rotatable bonds is 4. The van der Waals surface area contributed by atoms with Gasteiger partial charge in [0.25, 0.3) is 5.91 Å². The number of nitrogens with one attached hydrogen (secondary N) is 2. The van der Waals surface area contributed by atoms with E-state index < -0.39 is 6.10 Å². The van der Waals surface area contributed by atoms with Gasteiger partial charge in [-0.1, -0.05) is 6.07 Å². The second-order valence-electron chi connectivity index (χ2n) is 6.29. The van der Waals surface area contributed by atoms with Crippen LogP contribution in [0.15, 0.2) is 18.2 Å². The Bertz CT molecular complexity index is 570. The van der Waals surface area contributed by atoms with Gasteiger partial charge in [-0.3, -0.25) is 4.79 Å². The van der Waals surface area contributed by atoms with E-state index in [0.29, 0.717) is 50.3 Å². The minimum absolute atomic E-state index is 0.184. The number of anilines is 1. The molecule has 0 bridgehead atoms. The normalized spacial score (nSPS) is 22.4. The van der Waals surface area contributed by atoms with Crippen molar-refractivity contribution in [1.29, 1.82) is 0 Å². The lowest BCUT2D eigenvalue weighted by Crippen LogP contribution is -2.47. The van der Waals surface area contributed by atoms with Gasteiger partial charge in [-0.05, 0) is 30.5 Å². The lowest BCUT2D eigenvalue weighted by atomic mass is 10.1. The molecule has 6 nitrogen and oxygen atoms in total. The SMILES string of the molecule is O=C(NCc1ccc(N2CCC(O)CC2)c(F)c1)[C@@H]1CNCCO1. The molecule has 24 heavy (non-hydrogen) atoms.